The fraction of sp³-hybridized carbons (Fsp3) is 0.273. The summed E-state index contributed by atoms with van der Waals surface area (Å²) in [5.41, 5.74) is 0.510. The Morgan fingerprint density at radius 1 is 1.06 bits per heavy atom. The minimum Gasteiger partial charge on any atom is -0.452 e. The van der Waals surface area contributed by atoms with Crippen LogP contribution in [0.2, 0.25) is 10.0 Å². The van der Waals surface area contributed by atoms with Crippen LogP contribution in [0.4, 0.5) is 5.69 Å². The van der Waals surface area contributed by atoms with Crippen molar-refractivity contribution in [3.63, 3.8) is 0 Å². The number of ether oxygens (including phenoxy) is 2. The Hall–Kier alpha value is -2.94. The second kappa shape index (κ2) is 9.28. The van der Waals surface area contributed by atoms with Gasteiger partial charge in [-0.15, -0.1) is 0 Å². The summed E-state index contributed by atoms with van der Waals surface area (Å²) in [5, 5.41) is 3.14. The summed E-state index contributed by atoms with van der Waals surface area (Å²) in [7, 11) is 0. The van der Waals surface area contributed by atoms with Crippen molar-refractivity contribution in [1.82, 2.24) is 5.32 Å². The smallest absolute Gasteiger partial charge is 0.338 e. The number of amides is 3. The highest BCUT2D eigenvalue weighted by Gasteiger charge is 2.37. The number of imide groups is 1. The molecule has 1 saturated heterocycles. The van der Waals surface area contributed by atoms with E-state index in [9.17, 15) is 19.2 Å². The molecule has 0 radical (unpaired) electrons. The van der Waals surface area contributed by atoms with Crippen molar-refractivity contribution >= 4 is 52.6 Å². The van der Waals surface area contributed by atoms with Gasteiger partial charge in [0.25, 0.3) is 17.7 Å². The minimum absolute atomic E-state index is 0.0200. The van der Waals surface area contributed by atoms with Crippen molar-refractivity contribution in [2.75, 3.05) is 24.7 Å². The van der Waals surface area contributed by atoms with Gasteiger partial charge in [-0.3, -0.25) is 14.4 Å². The van der Waals surface area contributed by atoms with Crippen LogP contribution in [0.1, 0.15) is 43.9 Å². The number of halogens is 2. The van der Waals surface area contributed by atoms with Crippen LogP contribution in [0.15, 0.2) is 36.4 Å². The Kier molecular flexibility index (Phi) is 6.45. The highest BCUT2D eigenvalue weighted by molar-refractivity contribution is 6.42. The van der Waals surface area contributed by atoms with Gasteiger partial charge < -0.3 is 14.8 Å². The molecule has 0 aliphatic carbocycles. The molecule has 1 atom stereocenters. The molecule has 0 spiro atoms. The molecule has 32 heavy (non-hydrogen) atoms. The van der Waals surface area contributed by atoms with E-state index in [1.54, 1.807) is 0 Å². The summed E-state index contributed by atoms with van der Waals surface area (Å²) < 4.78 is 10.4. The number of anilines is 1. The van der Waals surface area contributed by atoms with E-state index in [0.717, 1.165) is 17.7 Å². The van der Waals surface area contributed by atoms with Crippen LogP contribution in [-0.4, -0.2) is 49.6 Å². The second-order valence-corrected chi connectivity index (χ2v) is 8.13. The first-order valence-electron chi connectivity index (χ1n) is 9.88. The van der Waals surface area contributed by atoms with E-state index in [1.807, 2.05) is 0 Å². The Morgan fingerprint density at radius 2 is 1.84 bits per heavy atom. The molecule has 10 heteroatoms. The van der Waals surface area contributed by atoms with Gasteiger partial charge in [0, 0.05) is 13.2 Å². The molecular formula is C22H18Cl2N2O6. The molecule has 2 aromatic rings. The molecule has 166 valence electrons. The summed E-state index contributed by atoms with van der Waals surface area (Å²) in [6.07, 6.45) is 1.81. The lowest BCUT2D eigenvalue weighted by Gasteiger charge is -2.14. The van der Waals surface area contributed by atoms with Crippen molar-refractivity contribution in [3.05, 3.63) is 63.1 Å². The van der Waals surface area contributed by atoms with Gasteiger partial charge in [-0.25, -0.2) is 9.69 Å². The van der Waals surface area contributed by atoms with E-state index >= 15 is 0 Å². The maximum atomic E-state index is 12.9. The van der Waals surface area contributed by atoms with Crippen LogP contribution in [0.25, 0.3) is 0 Å². The van der Waals surface area contributed by atoms with Crippen LogP contribution >= 0.6 is 23.2 Å². The van der Waals surface area contributed by atoms with Crippen LogP contribution in [-0.2, 0) is 14.3 Å². The van der Waals surface area contributed by atoms with Gasteiger partial charge in [0.05, 0.1) is 38.5 Å². The van der Waals surface area contributed by atoms with E-state index < -0.39 is 30.3 Å². The maximum Gasteiger partial charge on any atom is 0.338 e. The number of nitrogens with zero attached hydrogens (tertiary/aromatic N) is 1. The molecule has 8 nitrogen and oxygen atoms in total. The molecule has 4 rings (SSSR count). The molecular weight excluding hydrogens is 459 g/mol. The highest BCUT2D eigenvalue weighted by Crippen LogP contribution is 2.33. The zero-order chi connectivity index (χ0) is 22.8. The number of benzene rings is 2. The topological polar surface area (TPSA) is 102 Å². The first-order chi connectivity index (χ1) is 15.3. The van der Waals surface area contributed by atoms with E-state index in [1.165, 1.54) is 36.4 Å². The summed E-state index contributed by atoms with van der Waals surface area (Å²) >= 11 is 11.9. The molecule has 2 aliphatic rings. The Balaban J connectivity index is 1.42. The Labute approximate surface area is 193 Å². The maximum absolute atomic E-state index is 12.9. The molecule has 3 amide bonds. The van der Waals surface area contributed by atoms with Crippen molar-refractivity contribution < 1.29 is 28.7 Å². The first kappa shape index (κ1) is 22.3. The third-order valence-corrected chi connectivity index (χ3v) is 5.91. The van der Waals surface area contributed by atoms with Gasteiger partial charge in [-0.2, -0.15) is 0 Å². The highest BCUT2D eigenvalue weighted by atomic mass is 35.5. The zero-order valence-corrected chi connectivity index (χ0v) is 18.2. The number of esters is 1. The standard InChI is InChI=1S/C22H18Cl2N2O6/c23-17-6-4-13(9-18(17)24)26-20(28)15-5-3-12(8-16(15)21(26)29)22(30)32-11-19(27)25-10-14-2-1-7-31-14/h3-6,8-9,14H,1-2,7,10-11H2,(H,25,27)/t14-/m1/s1. The summed E-state index contributed by atoms with van der Waals surface area (Å²) in [6, 6.07) is 8.42. The fourth-order valence-electron chi connectivity index (χ4n) is 3.52. The summed E-state index contributed by atoms with van der Waals surface area (Å²) in [4.78, 5) is 50.8. The lowest BCUT2D eigenvalue weighted by Crippen LogP contribution is -2.34. The molecule has 2 heterocycles. The summed E-state index contributed by atoms with van der Waals surface area (Å²) in [6.45, 7) is 0.568. The van der Waals surface area contributed by atoms with Crippen LogP contribution in [0, 0.1) is 0 Å². The Bertz CT molecular complexity index is 1110. The molecule has 0 aromatic heterocycles. The first-order valence-corrected chi connectivity index (χ1v) is 10.6. The predicted molar refractivity (Wildman–Crippen MR) is 116 cm³/mol. The molecule has 0 saturated carbocycles. The quantitative estimate of drug-likeness (QED) is 0.507. The largest absolute Gasteiger partial charge is 0.452 e. The van der Waals surface area contributed by atoms with Gasteiger partial charge in [0.1, 0.15) is 0 Å². The minimum atomic E-state index is -0.784. The van der Waals surface area contributed by atoms with Gasteiger partial charge in [0.2, 0.25) is 0 Å². The molecule has 0 unspecified atom stereocenters. The average molecular weight is 477 g/mol. The molecule has 0 bridgehead atoms. The number of nitrogens with one attached hydrogen (secondary N) is 1. The zero-order valence-electron chi connectivity index (χ0n) is 16.7. The van der Waals surface area contributed by atoms with Crippen LogP contribution in [0.3, 0.4) is 0 Å². The molecule has 2 aromatic carbocycles. The molecule has 2 aliphatic heterocycles. The van der Waals surface area contributed by atoms with Crippen molar-refractivity contribution in [3.8, 4) is 0 Å². The van der Waals surface area contributed by atoms with E-state index in [0.29, 0.717) is 13.2 Å². The fourth-order valence-corrected chi connectivity index (χ4v) is 3.82. The van der Waals surface area contributed by atoms with Gasteiger partial charge in [-0.1, -0.05) is 23.2 Å². The van der Waals surface area contributed by atoms with Gasteiger partial charge in [-0.05, 0) is 49.2 Å². The number of fused-ring (bicyclic) bond motifs is 1. The number of hydrogen-bond acceptors (Lipinski definition) is 6. The van der Waals surface area contributed by atoms with E-state index in [4.69, 9.17) is 32.7 Å². The van der Waals surface area contributed by atoms with Crippen molar-refractivity contribution in [2.45, 2.75) is 18.9 Å². The van der Waals surface area contributed by atoms with Gasteiger partial charge >= 0.3 is 5.97 Å². The normalized spacial score (nSPS) is 17.4. The lowest BCUT2D eigenvalue weighted by molar-refractivity contribution is -0.124. The third-order valence-electron chi connectivity index (χ3n) is 5.17. The second-order valence-electron chi connectivity index (χ2n) is 7.32. The van der Waals surface area contributed by atoms with Crippen molar-refractivity contribution in [2.24, 2.45) is 0 Å². The summed E-state index contributed by atoms with van der Waals surface area (Å²) in [5.74, 6) is -2.38. The monoisotopic (exact) mass is 476 g/mol. The van der Waals surface area contributed by atoms with Crippen LogP contribution < -0.4 is 10.2 Å². The molecule has 1 N–H and O–H groups in total. The van der Waals surface area contributed by atoms with Crippen LogP contribution in [0.5, 0.6) is 0 Å². The lowest BCUT2D eigenvalue weighted by atomic mass is 10.1. The third kappa shape index (κ3) is 4.48. The van der Waals surface area contributed by atoms with E-state index in [-0.39, 0.29) is 38.5 Å². The number of hydrogen-bond donors (Lipinski definition) is 1. The Morgan fingerprint density at radius 3 is 2.56 bits per heavy atom. The predicted octanol–water partition coefficient (Wildman–Crippen LogP) is 3.25. The van der Waals surface area contributed by atoms with Gasteiger partial charge in [0.15, 0.2) is 6.61 Å². The number of rotatable bonds is 6. The molecule has 1 fully saturated rings. The number of carbonyl (C=O) groups excluding carboxylic acids is 4. The van der Waals surface area contributed by atoms with Crippen molar-refractivity contribution in [1.29, 1.82) is 0 Å². The van der Waals surface area contributed by atoms with E-state index in [2.05, 4.69) is 5.32 Å². The average Bonchev–Trinajstić information content (AvgIpc) is 3.39. The SMILES string of the molecule is O=C(COC(=O)c1ccc2c(c1)C(=O)N(c1ccc(Cl)c(Cl)c1)C2=O)NC[C@H]1CCCO1. The number of carbonyl (C=O) groups is 4.